The molecule has 1 aliphatic rings. The van der Waals surface area contributed by atoms with Gasteiger partial charge in [-0.05, 0) is 43.3 Å². The lowest BCUT2D eigenvalue weighted by Crippen LogP contribution is -2.30. The molecule has 3 rings (SSSR count). The molecule has 2 aromatic rings. The number of fused-ring (bicyclic) bond motifs is 1. The van der Waals surface area contributed by atoms with Gasteiger partial charge in [-0.15, -0.1) is 12.4 Å². The maximum Gasteiger partial charge on any atom is 0.127 e. The first kappa shape index (κ1) is 14.2. The molecule has 1 saturated heterocycles. The Morgan fingerprint density at radius 3 is 2.58 bits per heavy atom. The Balaban J connectivity index is 0.00000133. The van der Waals surface area contributed by atoms with Crippen LogP contribution in [0.15, 0.2) is 42.5 Å². The first-order valence-electron chi connectivity index (χ1n) is 6.75. The van der Waals surface area contributed by atoms with E-state index in [2.05, 4.69) is 47.8 Å². The van der Waals surface area contributed by atoms with Crippen molar-refractivity contribution in [1.29, 1.82) is 0 Å². The average Bonchev–Trinajstić information content (AvgIpc) is 2.46. The Morgan fingerprint density at radius 1 is 1.00 bits per heavy atom. The number of ether oxygens (including phenoxy) is 1. The van der Waals surface area contributed by atoms with Crippen LogP contribution in [0.4, 0.5) is 0 Å². The van der Waals surface area contributed by atoms with Crippen molar-refractivity contribution in [2.75, 3.05) is 19.7 Å². The molecule has 102 valence electrons. The summed E-state index contributed by atoms with van der Waals surface area (Å²) in [6.45, 7) is 3.10. The quantitative estimate of drug-likeness (QED) is 0.925. The molecule has 0 radical (unpaired) electrons. The van der Waals surface area contributed by atoms with E-state index in [0.717, 1.165) is 25.4 Å². The third-order valence-electron chi connectivity index (χ3n) is 3.68. The van der Waals surface area contributed by atoms with Crippen LogP contribution in [0.25, 0.3) is 10.8 Å². The van der Waals surface area contributed by atoms with Gasteiger partial charge in [-0.25, -0.2) is 0 Å². The van der Waals surface area contributed by atoms with E-state index in [1.807, 2.05) is 0 Å². The van der Waals surface area contributed by atoms with E-state index < -0.39 is 0 Å². The zero-order chi connectivity index (χ0) is 12.2. The molecule has 1 heterocycles. The second-order valence-corrected chi connectivity index (χ2v) is 4.98. The molecular weight excluding hydrogens is 258 g/mol. The summed E-state index contributed by atoms with van der Waals surface area (Å²) in [5, 5.41) is 5.85. The van der Waals surface area contributed by atoms with Crippen LogP contribution in [-0.2, 0) is 0 Å². The van der Waals surface area contributed by atoms with Crippen molar-refractivity contribution in [3.05, 3.63) is 42.5 Å². The Kier molecular flexibility index (Phi) is 5.06. The summed E-state index contributed by atoms with van der Waals surface area (Å²) in [7, 11) is 0. The van der Waals surface area contributed by atoms with Crippen molar-refractivity contribution in [2.24, 2.45) is 5.92 Å². The van der Waals surface area contributed by atoms with Crippen molar-refractivity contribution in [2.45, 2.75) is 12.8 Å². The highest BCUT2D eigenvalue weighted by molar-refractivity contribution is 5.88. The van der Waals surface area contributed by atoms with Gasteiger partial charge >= 0.3 is 0 Å². The monoisotopic (exact) mass is 277 g/mol. The number of halogens is 1. The molecule has 0 aromatic heterocycles. The van der Waals surface area contributed by atoms with Gasteiger partial charge in [0, 0.05) is 5.39 Å². The summed E-state index contributed by atoms with van der Waals surface area (Å²) >= 11 is 0. The number of hydrogen-bond acceptors (Lipinski definition) is 2. The van der Waals surface area contributed by atoms with Gasteiger partial charge in [0.1, 0.15) is 5.75 Å². The van der Waals surface area contributed by atoms with Crippen LogP contribution in [-0.4, -0.2) is 19.7 Å². The number of nitrogens with one attached hydrogen (secondary N) is 1. The molecule has 0 amide bonds. The van der Waals surface area contributed by atoms with Gasteiger partial charge in [0.05, 0.1) is 6.61 Å². The SMILES string of the molecule is Cl.c1ccc2c(OCC3CCNCC3)cccc2c1. The zero-order valence-electron chi connectivity index (χ0n) is 11.0. The van der Waals surface area contributed by atoms with Crippen molar-refractivity contribution in [3.8, 4) is 5.75 Å². The topological polar surface area (TPSA) is 21.3 Å². The van der Waals surface area contributed by atoms with Gasteiger partial charge in [-0.1, -0.05) is 36.4 Å². The fourth-order valence-corrected chi connectivity index (χ4v) is 2.58. The summed E-state index contributed by atoms with van der Waals surface area (Å²) < 4.78 is 6.03. The van der Waals surface area contributed by atoms with Gasteiger partial charge in [0.25, 0.3) is 0 Å². The van der Waals surface area contributed by atoms with E-state index in [9.17, 15) is 0 Å². The van der Waals surface area contributed by atoms with E-state index in [4.69, 9.17) is 4.74 Å². The number of piperidine rings is 1. The van der Waals surface area contributed by atoms with Gasteiger partial charge in [-0.2, -0.15) is 0 Å². The second-order valence-electron chi connectivity index (χ2n) is 4.98. The minimum absolute atomic E-state index is 0. The Morgan fingerprint density at radius 2 is 1.74 bits per heavy atom. The molecule has 0 spiro atoms. The van der Waals surface area contributed by atoms with Crippen molar-refractivity contribution < 1.29 is 4.74 Å². The van der Waals surface area contributed by atoms with Crippen LogP contribution in [0, 0.1) is 5.92 Å². The lowest BCUT2D eigenvalue weighted by atomic mass is 9.99. The maximum atomic E-state index is 6.03. The molecular formula is C16H20ClNO. The molecule has 0 saturated carbocycles. The van der Waals surface area contributed by atoms with E-state index in [1.54, 1.807) is 0 Å². The maximum absolute atomic E-state index is 6.03. The Hall–Kier alpha value is -1.25. The van der Waals surface area contributed by atoms with Crippen LogP contribution >= 0.6 is 12.4 Å². The highest BCUT2D eigenvalue weighted by Crippen LogP contribution is 2.26. The molecule has 0 aliphatic carbocycles. The van der Waals surface area contributed by atoms with Gasteiger partial charge in [0.15, 0.2) is 0 Å². The van der Waals surface area contributed by atoms with E-state index in [1.165, 1.54) is 23.6 Å². The molecule has 1 N–H and O–H groups in total. The van der Waals surface area contributed by atoms with Crippen molar-refractivity contribution in [3.63, 3.8) is 0 Å². The summed E-state index contributed by atoms with van der Waals surface area (Å²) in [4.78, 5) is 0. The van der Waals surface area contributed by atoms with Gasteiger partial charge in [-0.3, -0.25) is 0 Å². The molecule has 2 nitrogen and oxygen atoms in total. The fraction of sp³-hybridized carbons (Fsp3) is 0.375. The lowest BCUT2D eigenvalue weighted by molar-refractivity contribution is 0.217. The molecule has 19 heavy (non-hydrogen) atoms. The molecule has 0 atom stereocenters. The van der Waals surface area contributed by atoms with E-state index in [0.29, 0.717) is 5.92 Å². The number of benzene rings is 2. The van der Waals surface area contributed by atoms with Crippen LogP contribution in [0.1, 0.15) is 12.8 Å². The molecule has 0 unspecified atom stereocenters. The first-order valence-corrected chi connectivity index (χ1v) is 6.75. The number of hydrogen-bond donors (Lipinski definition) is 1. The largest absolute Gasteiger partial charge is 0.493 e. The second kappa shape index (κ2) is 6.78. The van der Waals surface area contributed by atoms with Crippen LogP contribution in [0.3, 0.4) is 0 Å². The molecule has 3 heteroatoms. The highest BCUT2D eigenvalue weighted by Gasteiger charge is 2.13. The average molecular weight is 278 g/mol. The molecule has 1 aliphatic heterocycles. The summed E-state index contributed by atoms with van der Waals surface area (Å²) in [6.07, 6.45) is 2.45. The van der Waals surface area contributed by atoms with Crippen LogP contribution < -0.4 is 10.1 Å². The smallest absolute Gasteiger partial charge is 0.127 e. The molecule has 2 aromatic carbocycles. The first-order chi connectivity index (χ1) is 8.93. The van der Waals surface area contributed by atoms with Gasteiger partial charge in [0.2, 0.25) is 0 Å². The molecule has 1 fully saturated rings. The van der Waals surface area contributed by atoms with Gasteiger partial charge < -0.3 is 10.1 Å². The van der Waals surface area contributed by atoms with Crippen molar-refractivity contribution >= 4 is 23.2 Å². The summed E-state index contributed by atoms with van der Waals surface area (Å²) in [5.41, 5.74) is 0. The Labute approximate surface area is 120 Å². The zero-order valence-corrected chi connectivity index (χ0v) is 11.8. The summed E-state index contributed by atoms with van der Waals surface area (Å²) in [5.74, 6) is 1.72. The summed E-state index contributed by atoms with van der Waals surface area (Å²) in [6, 6.07) is 14.7. The predicted molar refractivity (Wildman–Crippen MR) is 82.3 cm³/mol. The standard InChI is InChI=1S/C16H19NO.ClH/c1-2-6-15-14(4-1)5-3-7-16(15)18-12-13-8-10-17-11-9-13;/h1-7,13,17H,8-12H2;1H. The number of rotatable bonds is 3. The minimum atomic E-state index is 0. The van der Waals surface area contributed by atoms with Crippen LogP contribution in [0.5, 0.6) is 5.75 Å². The molecule has 0 bridgehead atoms. The van der Waals surface area contributed by atoms with Crippen LogP contribution in [0.2, 0.25) is 0 Å². The highest BCUT2D eigenvalue weighted by atomic mass is 35.5. The predicted octanol–water partition coefficient (Wildman–Crippen LogP) is 3.64. The normalized spacial score (nSPS) is 16.0. The third-order valence-corrected chi connectivity index (χ3v) is 3.68. The van der Waals surface area contributed by atoms with Crippen molar-refractivity contribution in [1.82, 2.24) is 5.32 Å². The third kappa shape index (κ3) is 3.40. The fourth-order valence-electron chi connectivity index (χ4n) is 2.58. The Bertz CT molecular complexity index is 518. The van der Waals surface area contributed by atoms with E-state index in [-0.39, 0.29) is 12.4 Å². The lowest BCUT2D eigenvalue weighted by Gasteiger charge is -2.23. The minimum Gasteiger partial charge on any atom is -0.493 e. The van der Waals surface area contributed by atoms with E-state index >= 15 is 0 Å².